The highest BCUT2D eigenvalue weighted by Gasteiger charge is 2.39. The van der Waals surface area contributed by atoms with Crippen LogP contribution in [0.5, 0.6) is 0 Å². The van der Waals surface area contributed by atoms with E-state index in [-0.39, 0.29) is 24.3 Å². The van der Waals surface area contributed by atoms with Gasteiger partial charge in [-0.25, -0.2) is 4.79 Å². The summed E-state index contributed by atoms with van der Waals surface area (Å²) in [6.07, 6.45) is 0.571. The van der Waals surface area contributed by atoms with E-state index in [9.17, 15) is 19.2 Å². The molecule has 8 heteroatoms. The van der Waals surface area contributed by atoms with Crippen LogP contribution in [0.4, 0.5) is 10.5 Å². The Hall–Kier alpha value is -2.90. The van der Waals surface area contributed by atoms with E-state index in [0.717, 1.165) is 11.3 Å². The minimum Gasteiger partial charge on any atom is -0.336 e. The number of hydrogen-bond donors (Lipinski definition) is 2. The van der Waals surface area contributed by atoms with Crippen LogP contribution in [0.3, 0.4) is 0 Å². The van der Waals surface area contributed by atoms with Crippen molar-refractivity contribution in [1.29, 1.82) is 0 Å². The van der Waals surface area contributed by atoms with Gasteiger partial charge in [0.05, 0.1) is 0 Å². The zero-order valence-corrected chi connectivity index (χ0v) is 12.9. The highest BCUT2D eigenvalue weighted by Crippen LogP contribution is 2.30. The molecular formula is C16H16N4O4. The first-order chi connectivity index (χ1) is 11.5. The van der Waals surface area contributed by atoms with Gasteiger partial charge >= 0.3 is 6.03 Å². The number of fused-ring (bicyclic) bond motifs is 1. The van der Waals surface area contributed by atoms with Gasteiger partial charge in [-0.15, -0.1) is 0 Å². The van der Waals surface area contributed by atoms with Crippen LogP contribution in [-0.2, 0) is 16.1 Å². The van der Waals surface area contributed by atoms with Crippen LogP contribution in [0.1, 0.15) is 28.8 Å². The van der Waals surface area contributed by atoms with Gasteiger partial charge in [-0.1, -0.05) is 0 Å². The predicted molar refractivity (Wildman–Crippen MR) is 83.2 cm³/mol. The zero-order valence-electron chi connectivity index (χ0n) is 12.9. The quantitative estimate of drug-likeness (QED) is 0.745. The molecule has 0 spiro atoms. The third-order valence-corrected chi connectivity index (χ3v) is 4.68. The summed E-state index contributed by atoms with van der Waals surface area (Å²) in [7, 11) is 0. The van der Waals surface area contributed by atoms with E-state index in [2.05, 4.69) is 10.6 Å². The lowest BCUT2D eigenvalue weighted by Gasteiger charge is -2.29. The number of imide groups is 1. The minimum atomic E-state index is -0.624. The Labute approximate surface area is 137 Å². The molecule has 8 nitrogen and oxygen atoms in total. The van der Waals surface area contributed by atoms with Crippen LogP contribution in [0, 0.1) is 0 Å². The fourth-order valence-electron chi connectivity index (χ4n) is 3.45. The molecule has 24 heavy (non-hydrogen) atoms. The predicted octanol–water partition coefficient (Wildman–Crippen LogP) is -0.0228. The van der Waals surface area contributed by atoms with Crippen molar-refractivity contribution in [2.75, 3.05) is 18.0 Å². The molecule has 5 amide bonds. The number of piperidine rings is 1. The fourth-order valence-corrected chi connectivity index (χ4v) is 3.45. The van der Waals surface area contributed by atoms with Gasteiger partial charge in [0, 0.05) is 37.3 Å². The number of anilines is 1. The number of benzene rings is 1. The SMILES string of the molecule is O=C1CCC(N2Cc3cc(N4CCNC4=O)ccc3C2=O)C(=O)N1. The van der Waals surface area contributed by atoms with Gasteiger partial charge in [0.25, 0.3) is 5.91 Å². The van der Waals surface area contributed by atoms with E-state index in [1.165, 1.54) is 4.90 Å². The molecule has 1 aromatic carbocycles. The number of urea groups is 1. The number of nitrogens with one attached hydrogen (secondary N) is 2. The Balaban J connectivity index is 1.59. The lowest BCUT2D eigenvalue weighted by molar-refractivity contribution is -0.136. The molecule has 0 bridgehead atoms. The van der Waals surface area contributed by atoms with Crippen molar-refractivity contribution in [3.63, 3.8) is 0 Å². The molecule has 3 aliphatic rings. The molecule has 1 atom stereocenters. The molecule has 3 heterocycles. The summed E-state index contributed by atoms with van der Waals surface area (Å²) in [5.41, 5.74) is 2.08. The molecule has 0 aromatic heterocycles. The number of amides is 5. The van der Waals surface area contributed by atoms with Crippen LogP contribution in [0.15, 0.2) is 18.2 Å². The summed E-state index contributed by atoms with van der Waals surface area (Å²) in [5, 5.41) is 5.02. The summed E-state index contributed by atoms with van der Waals surface area (Å²) in [6, 6.07) is 4.49. The molecular weight excluding hydrogens is 312 g/mol. The first kappa shape index (κ1) is 14.7. The lowest BCUT2D eigenvalue weighted by Crippen LogP contribution is -2.52. The number of hydrogen-bond acceptors (Lipinski definition) is 4. The van der Waals surface area contributed by atoms with Gasteiger partial charge in [-0.2, -0.15) is 0 Å². The molecule has 4 rings (SSSR count). The van der Waals surface area contributed by atoms with Crippen LogP contribution in [-0.4, -0.2) is 47.8 Å². The van der Waals surface area contributed by atoms with Gasteiger partial charge in [0.2, 0.25) is 11.8 Å². The Kier molecular flexibility index (Phi) is 3.26. The topological polar surface area (TPSA) is 98.8 Å². The Morgan fingerprint density at radius 1 is 1.12 bits per heavy atom. The second kappa shape index (κ2) is 5.33. The van der Waals surface area contributed by atoms with Crippen molar-refractivity contribution in [1.82, 2.24) is 15.5 Å². The smallest absolute Gasteiger partial charge is 0.321 e. The van der Waals surface area contributed by atoms with Gasteiger partial charge < -0.3 is 10.2 Å². The van der Waals surface area contributed by atoms with Gasteiger partial charge in [0.1, 0.15) is 6.04 Å². The fraction of sp³-hybridized carbons (Fsp3) is 0.375. The Morgan fingerprint density at radius 2 is 1.96 bits per heavy atom. The van der Waals surface area contributed by atoms with Gasteiger partial charge in [-0.05, 0) is 30.2 Å². The van der Waals surface area contributed by atoms with Crippen molar-refractivity contribution in [3.05, 3.63) is 29.3 Å². The largest absolute Gasteiger partial charge is 0.336 e. The second-order valence-electron chi connectivity index (χ2n) is 6.12. The highest BCUT2D eigenvalue weighted by molar-refractivity contribution is 6.05. The summed E-state index contributed by atoms with van der Waals surface area (Å²) in [6.45, 7) is 1.49. The van der Waals surface area contributed by atoms with E-state index in [0.29, 0.717) is 31.6 Å². The zero-order chi connectivity index (χ0) is 16.8. The van der Waals surface area contributed by atoms with Crippen LogP contribution in [0.25, 0.3) is 0 Å². The van der Waals surface area contributed by atoms with E-state index in [1.807, 2.05) is 6.07 Å². The third-order valence-electron chi connectivity index (χ3n) is 4.68. The number of carbonyl (C=O) groups excluding carboxylic acids is 4. The van der Waals surface area contributed by atoms with E-state index >= 15 is 0 Å². The second-order valence-corrected chi connectivity index (χ2v) is 6.12. The van der Waals surface area contributed by atoms with E-state index in [1.54, 1.807) is 17.0 Å². The van der Waals surface area contributed by atoms with Crippen molar-refractivity contribution < 1.29 is 19.2 Å². The maximum absolute atomic E-state index is 12.6. The summed E-state index contributed by atoms with van der Waals surface area (Å²) >= 11 is 0. The summed E-state index contributed by atoms with van der Waals surface area (Å²) < 4.78 is 0. The monoisotopic (exact) mass is 328 g/mol. The molecule has 3 aliphatic heterocycles. The van der Waals surface area contributed by atoms with Crippen molar-refractivity contribution in [2.45, 2.75) is 25.4 Å². The van der Waals surface area contributed by atoms with E-state index in [4.69, 9.17) is 0 Å². The molecule has 0 radical (unpaired) electrons. The molecule has 0 aliphatic carbocycles. The number of nitrogens with zero attached hydrogens (tertiary/aromatic N) is 2. The molecule has 0 saturated carbocycles. The van der Waals surface area contributed by atoms with Crippen molar-refractivity contribution >= 4 is 29.4 Å². The van der Waals surface area contributed by atoms with Gasteiger partial charge in [-0.3, -0.25) is 24.6 Å². The molecule has 124 valence electrons. The number of rotatable bonds is 2. The normalized spacial score (nSPS) is 23.4. The Bertz CT molecular complexity index is 775. The first-order valence-electron chi connectivity index (χ1n) is 7.87. The van der Waals surface area contributed by atoms with Crippen LogP contribution < -0.4 is 15.5 Å². The molecule has 2 fully saturated rings. The van der Waals surface area contributed by atoms with Gasteiger partial charge in [0.15, 0.2) is 0 Å². The van der Waals surface area contributed by atoms with Crippen LogP contribution in [0.2, 0.25) is 0 Å². The third kappa shape index (κ3) is 2.22. The first-order valence-corrected chi connectivity index (χ1v) is 7.87. The standard InChI is InChI=1S/C16H16N4O4/c21-13-4-3-12(14(22)18-13)20-8-9-7-10(1-2-11(9)15(20)23)19-6-5-17-16(19)24/h1-2,7,12H,3-6,8H2,(H,17,24)(H,18,21,22). The average Bonchev–Trinajstić information content (AvgIpc) is 3.11. The average molecular weight is 328 g/mol. The summed E-state index contributed by atoms with van der Waals surface area (Å²) in [5.74, 6) is -0.939. The summed E-state index contributed by atoms with van der Waals surface area (Å²) in [4.78, 5) is 50.8. The van der Waals surface area contributed by atoms with Crippen molar-refractivity contribution in [3.8, 4) is 0 Å². The molecule has 2 N–H and O–H groups in total. The highest BCUT2D eigenvalue weighted by atomic mass is 16.2. The van der Waals surface area contributed by atoms with Crippen molar-refractivity contribution in [2.24, 2.45) is 0 Å². The van der Waals surface area contributed by atoms with E-state index < -0.39 is 11.9 Å². The van der Waals surface area contributed by atoms with Crippen LogP contribution >= 0.6 is 0 Å². The maximum Gasteiger partial charge on any atom is 0.321 e. The maximum atomic E-state index is 12.6. The number of carbonyl (C=O) groups is 4. The Morgan fingerprint density at radius 3 is 2.67 bits per heavy atom. The molecule has 1 aromatic rings. The lowest BCUT2D eigenvalue weighted by atomic mass is 10.0. The molecule has 2 saturated heterocycles. The minimum absolute atomic E-state index is 0.152. The molecule has 1 unspecified atom stereocenters.